The summed E-state index contributed by atoms with van der Waals surface area (Å²) in [5.41, 5.74) is -1.62. The molecule has 0 aliphatic carbocycles. The van der Waals surface area contributed by atoms with Gasteiger partial charge in [0.25, 0.3) is 22.7 Å². The number of hydrogen-bond acceptors (Lipinski definition) is 9. The molecule has 146 valence electrons. The fourth-order valence-electron chi connectivity index (χ4n) is 2.61. The number of non-ortho nitro benzene ring substituents is 2. The smallest absolute Gasteiger partial charge is 0.258 e. The lowest BCUT2D eigenvalue weighted by Gasteiger charge is -2.02. The molecule has 0 bridgehead atoms. The van der Waals surface area contributed by atoms with Crippen LogP contribution in [-0.2, 0) is 0 Å². The molecule has 0 spiro atoms. The van der Waals surface area contributed by atoms with Gasteiger partial charge in [0.05, 0.1) is 43.0 Å². The number of thiophene rings is 1. The van der Waals surface area contributed by atoms with Crippen molar-refractivity contribution in [3.63, 3.8) is 0 Å². The zero-order valence-electron chi connectivity index (χ0n) is 14.1. The molecule has 0 radical (unpaired) electrons. The maximum Gasteiger partial charge on any atom is 0.284 e. The molecule has 0 unspecified atom stereocenters. The van der Waals surface area contributed by atoms with Gasteiger partial charge in [-0.05, 0) is 24.3 Å². The number of rotatable bonds is 6. The molecule has 0 aliphatic rings. The van der Waals surface area contributed by atoms with Crippen LogP contribution < -0.4 is 0 Å². The van der Waals surface area contributed by atoms with Gasteiger partial charge >= 0.3 is 0 Å². The maximum atomic E-state index is 11.3. The van der Waals surface area contributed by atoms with Crippen LogP contribution in [0.3, 0.4) is 0 Å². The van der Waals surface area contributed by atoms with Crippen LogP contribution in [0.5, 0.6) is 0 Å². The standard InChI is InChI=1S/C16H8N4O8S/c21-17(22)9-1-3-11(13(7-9)19(25)26)15-5-6-16(29-15)12-4-2-10(18(23)24)8-14(12)20(27)28/h1-8H. The Morgan fingerprint density at radius 1 is 0.552 bits per heavy atom. The first-order chi connectivity index (χ1) is 13.7. The third-order valence-corrected chi connectivity index (χ3v) is 5.07. The van der Waals surface area contributed by atoms with Crippen LogP contribution in [0.4, 0.5) is 22.7 Å². The molecule has 0 N–H and O–H groups in total. The van der Waals surface area contributed by atoms with Gasteiger partial charge in [-0.1, -0.05) is 0 Å². The fourth-order valence-corrected chi connectivity index (χ4v) is 3.69. The second kappa shape index (κ2) is 7.40. The molecule has 0 saturated heterocycles. The SMILES string of the molecule is O=[N+]([O-])c1ccc(-c2ccc(-c3ccc([N+](=O)[O-])cc3[N+](=O)[O-])s2)c([N+](=O)[O-])c1. The molecule has 12 nitrogen and oxygen atoms in total. The van der Waals surface area contributed by atoms with Crippen molar-refractivity contribution in [2.24, 2.45) is 0 Å². The molecule has 0 amide bonds. The topological polar surface area (TPSA) is 173 Å². The van der Waals surface area contributed by atoms with Gasteiger partial charge < -0.3 is 0 Å². The molecular weight excluding hydrogens is 408 g/mol. The highest BCUT2D eigenvalue weighted by Gasteiger charge is 2.24. The molecule has 13 heteroatoms. The number of hydrogen-bond donors (Lipinski definition) is 0. The zero-order chi connectivity index (χ0) is 21.3. The van der Waals surface area contributed by atoms with E-state index in [9.17, 15) is 40.5 Å². The summed E-state index contributed by atoms with van der Waals surface area (Å²) in [4.78, 5) is 42.1. The molecule has 0 atom stereocenters. The monoisotopic (exact) mass is 416 g/mol. The van der Waals surface area contributed by atoms with Gasteiger partial charge in [-0.25, -0.2) is 0 Å². The predicted molar refractivity (Wildman–Crippen MR) is 102 cm³/mol. The van der Waals surface area contributed by atoms with Crippen LogP contribution in [0.1, 0.15) is 0 Å². The van der Waals surface area contributed by atoms with E-state index in [1.165, 1.54) is 24.3 Å². The first-order valence-electron chi connectivity index (χ1n) is 7.65. The molecule has 0 fully saturated rings. The Hall–Kier alpha value is -4.26. The fraction of sp³-hybridized carbons (Fsp3) is 0. The summed E-state index contributed by atoms with van der Waals surface area (Å²) in [6.07, 6.45) is 0. The lowest BCUT2D eigenvalue weighted by atomic mass is 10.1. The van der Waals surface area contributed by atoms with E-state index in [4.69, 9.17) is 0 Å². The van der Waals surface area contributed by atoms with Crippen LogP contribution >= 0.6 is 11.3 Å². The average Bonchev–Trinajstić information content (AvgIpc) is 3.16. The number of nitro benzene ring substituents is 4. The summed E-state index contributed by atoms with van der Waals surface area (Å²) in [7, 11) is 0. The van der Waals surface area contributed by atoms with E-state index in [2.05, 4.69) is 0 Å². The third kappa shape index (κ3) is 3.74. The van der Waals surface area contributed by atoms with Gasteiger partial charge in [0.2, 0.25) is 0 Å². The Labute approximate surface area is 164 Å². The number of benzene rings is 2. The molecule has 0 saturated carbocycles. The summed E-state index contributed by atoms with van der Waals surface area (Å²) < 4.78 is 0. The van der Waals surface area contributed by atoms with Crippen LogP contribution in [0.15, 0.2) is 48.5 Å². The van der Waals surface area contributed by atoms with Crippen molar-refractivity contribution in [1.29, 1.82) is 0 Å². The van der Waals surface area contributed by atoms with Crippen molar-refractivity contribution in [3.8, 4) is 20.9 Å². The zero-order valence-corrected chi connectivity index (χ0v) is 14.9. The van der Waals surface area contributed by atoms with E-state index in [1.54, 1.807) is 0 Å². The molecular formula is C16H8N4O8S. The van der Waals surface area contributed by atoms with E-state index in [0.717, 1.165) is 35.6 Å². The van der Waals surface area contributed by atoms with Crippen molar-refractivity contribution in [1.82, 2.24) is 0 Å². The van der Waals surface area contributed by atoms with Crippen molar-refractivity contribution < 1.29 is 19.7 Å². The van der Waals surface area contributed by atoms with Gasteiger partial charge in [0.15, 0.2) is 0 Å². The highest BCUT2D eigenvalue weighted by Crippen LogP contribution is 2.42. The molecule has 29 heavy (non-hydrogen) atoms. The Balaban J connectivity index is 2.11. The Kier molecular flexibility index (Phi) is 4.97. The Morgan fingerprint density at radius 3 is 1.24 bits per heavy atom. The summed E-state index contributed by atoms with van der Waals surface area (Å²) in [6.45, 7) is 0. The summed E-state index contributed by atoms with van der Waals surface area (Å²) in [5, 5.41) is 44.4. The molecule has 3 rings (SSSR count). The maximum absolute atomic E-state index is 11.3. The van der Waals surface area contributed by atoms with E-state index >= 15 is 0 Å². The molecule has 2 aromatic carbocycles. The quantitative estimate of drug-likeness (QED) is 0.410. The van der Waals surface area contributed by atoms with Crippen LogP contribution in [0, 0.1) is 40.5 Å². The minimum atomic E-state index is -0.754. The second-order valence-corrected chi connectivity index (χ2v) is 6.68. The highest BCUT2D eigenvalue weighted by molar-refractivity contribution is 7.18. The van der Waals surface area contributed by atoms with Gasteiger partial charge in [0.1, 0.15) is 0 Å². The molecule has 3 aromatic rings. The normalized spacial score (nSPS) is 10.5. The van der Waals surface area contributed by atoms with Gasteiger partial charge in [-0.15, -0.1) is 11.3 Å². The van der Waals surface area contributed by atoms with Crippen molar-refractivity contribution in [2.45, 2.75) is 0 Å². The van der Waals surface area contributed by atoms with E-state index in [1.807, 2.05) is 0 Å². The van der Waals surface area contributed by atoms with E-state index in [-0.39, 0.29) is 11.1 Å². The third-order valence-electron chi connectivity index (χ3n) is 3.91. The van der Waals surface area contributed by atoms with Gasteiger partial charge in [-0.2, -0.15) is 0 Å². The molecule has 1 aromatic heterocycles. The van der Waals surface area contributed by atoms with Gasteiger partial charge in [0, 0.05) is 21.9 Å². The first-order valence-corrected chi connectivity index (χ1v) is 8.47. The number of nitrogens with zero attached hydrogens (tertiary/aromatic N) is 4. The first kappa shape index (κ1) is 19.5. The summed E-state index contributed by atoms with van der Waals surface area (Å²) in [5.74, 6) is 0. The lowest BCUT2D eigenvalue weighted by molar-refractivity contribution is -0.394. The second-order valence-electron chi connectivity index (χ2n) is 5.60. The van der Waals surface area contributed by atoms with Gasteiger partial charge in [-0.3, -0.25) is 40.5 Å². The highest BCUT2D eigenvalue weighted by atomic mass is 32.1. The van der Waals surface area contributed by atoms with Crippen LogP contribution in [0.2, 0.25) is 0 Å². The molecule has 1 heterocycles. The van der Waals surface area contributed by atoms with Crippen molar-refractivity contribution >= 4 is 34.1 Å². The minimum Gasteiger partial charge on any atom is -0.258 e. The minimum absolute atomic E-state index is 0.112. The lowest BCUT2D eigenvalue weighted by Crippen LogP contribution is -1.94. The average molecular weight is 416 g/mol. The largest absolute Gasteiger partial charge is 0.284 e. The van der Waals surface area contributed by atoms with Crippen molar-refractivity contribution in [3.05, 3.63) is 89.0 Å². The Morgan fingerprint density at radius 2 is 0.931 bits per heavy atom. The predicted octanol–water partition coefficient (Wildman–Crippen LogP) is 4.71. The summed E-state index contributed by atoms with van der Waals surface area (Å²) in [6, 6.07) is 9.35. The van der Waals surface area contributed by atoms with Crippen LogP contribution in [-0.4, -0.2) is 19.7 Å². The Bertz CT molecular complexity index is 1100. The summed E-state index contributed by atoms with van der Waals surface area (Å²) >= 11 is 0.982. The molecule has 0 aliphatic heterocycles. The van der Waals surface area contributed by atoms with E-state index in [0.29, 0.717) is 9.75 Å². The van der Waals surface area contributed by atoms with Crippen LogP contribution in [0.25, 0.3) is 20.9 Å². The van der Waals surface area contributed by atoms with E-state index < -0.39 is 42.4 Å². The number of nitro groups is 4. The van der Waals surface area contributed by atoms with Crippen molar-refractivity contribution in [2.75, 3.05) is 0 Å².